The second-order valence-electron chi connectivity index (χ2n) is 4.78. The van der Waals surface area contributed by atoms with E-state index in [1.807, 2.05) is 18.2 Å². The molecule has 2 amide bonds. The molecule has 0 aliphatic carbocycles. The fourth-order valence-corrected chi connectivity index (χ4v) is 3.23. The van der Waals surface area contributed by atoms with Crippen molar-refractivity contribution in [3.63, 3.8) is 0 Å². The van der Waals surface area contributed by atoms with Crippen LogP contribution in [0.15, 0.2) is 22.7 Å². The Morgan fingerprint density at radius 2 is 2.10 bits per heavy atom. The first-order valence-corrected chi connectivity index (χ1v) is 7.97. The van der Waals surface area contributed by atoms with E-state index in [4.69, 9.17) is 5.73 Å². The quantitative estimate of drug-likeness (QED) is 0.868. The average molecular weight is 370 g/mol. The topological polar surface area (TPSA) is 75.4 Å². The minimum absolute atomic E-state index is 0.0245. The summed E-state index contributed by atoms with van der Waals surface area (Å²) in [5.74, 6) is -0.264. The van der Waals surface area contributed by atoms with Gasteiger partial charge in [0.1, 0.15) is 4.88 Å². The molecule has 1 aromatic carbocycles. The van der Waals surface area contributed by atoms with Crippen LogP contribution in [0.3, 0.4) is 0 Å². The normalized spacial score (nSPS) is 10.6. The molecule has 0 saturated heterocycles. The number of anilines is 1. The number of carbonyl (C=O) groups excluding carboxylic acids is 2. The van der Waals surface area contributed by atoms with Crippen LogP contribution in [-0.4, -0.2) is 37.4 Å². The molecule has 0 bridgehead atoms. The van der Waals surface area contributed by atoms with Gasteiger partial charge in [-0.05, 0) is 18.2 Å². The molecule has 1 heterocycles. The minimum Gasteiger partial charge on any atom is -0.397 e. The zero-order chi connectivity index (χ0) is 15.6. The lowest BCUT2D eigenvalue weighted by atomic mass is 10.2. The molecule has 0 atom stereocenters. The summed E-state index contributed by atoms with van der Waals surface area (Å²) in [6.45, 7) is 0.299. The number of benzene rings is 1. The second kappa shape index (κ2) is 6.44. The third kappa shape index (κ3) is 3.54. The summed E-state index contributed by atoms with van der Waals surface area (Å²) in [4.78, 5) is 25.6. The minimum atomic E-state index is -0.239. The third-order valence-corrected chi connectivity index (χ3v) is 4.70. The van der Waals surface area contributed by atoms with Gasteiger partial charge in [0, 0.05) is 41.6 Å². The molecule has 112 valence electrons. The van der Waals surface area contributed by atoms with Crippen molar-refractivity contribution < 1.29 is 9.59 Å². The van der Waals surface area contributed by atoms with Gasteiger partial charge in [0.2, 0.25) is 5.91 Å². The van der Waals surface area contributed by atoms with Crippen molar-refractivity contribution >= 4 is 54.9 Å². The Morgan fingerprint density at radius 3 is 2.76 bits per heavy atom. The molecule has 0 fully saturated rings. The van der Waals surface area contributed by atoms with Crippen molar-refractivity contribution in [1.82, 2.24) is 10.2 Å². The van der Waals surface area contributed by atoms with Crippen molar-refractivity contribution in [3.8, 4) is 0 Å². The van der Waals surface area contributed by atoms with Gasteiger partial charge in [-0.25, -0.2) is 0 Å². The van der Waals surface area contributed by atoms with Crippen molar-refractivity contribution in [2.75, 3.05) is 26.4 Å². The standard InChI is InChI=1S/C14H16BrN3O2S/c1-18(2)11(19)5-6-17-14(20)13-12(16)9-7-8(15)3-4-10(9)21-13/h3-4,7H,5-6,16H2,1-2H3,(H,17,20). The lowest BCUT2D eigenvalue weighted by molar-refractivity contribution is -0.128. The summed E-state index contributed by atoms with van der Waals surface area (Å²) in [5, 5.41) is 3.60. The highest BCUT2D eigenvalue weighted by atomic mass is 79.9. The number of nitrogens with two attached hydrogens (primary N) is 1. The zero-order valence-corrected chi connectivity index (χ0v) is 14.2. The van der Waals surface area contributed by atoms with Gasteiger partial charge < -0.3 is 16.0 Å². The Labute approximate surface area is 135 Å². The van der Waals surface area contributed by atoms with E-state index in [0.717, 1.165) is 14.6 Å². The molecule has 0 spiro atoms. The molecular formula is C14H16BrN3O2S. The van der Waals surface area contributed by atoms with Crippen LogP contribution in [0.25, 0.3) is 10.1 Å². The number of nitrogen functional groups attached to an aromatic ring is 1. The summed E-state index contributed by atoms with van der Waals surface area (Å²) >= 11 is 4.74. The van der Waals surface area contributed by atoms with Gasteiger partial charge in [0.05, 0.1) is 5.69 Å². The number of amides is 2. The maximum Gasteiger partial charge on any atom is 0.263 e. The number of halogens is 1. The predicted molar refractivity (Wildman–Crippen MR) is 89.6 cm³/mol. The van der Waals surface area contributed by atoms with Crippen LogP contribution >= 0.6 is 27.3 Å². The van der Waals surface area contributed by atoms with Crippen LogP contribution in [0, 0.1) is 0 Å². The third-order valence-electron chi connectivity index (χ3n) is 3.02. The predicted octanol–water partition coefficient (Wildman–Crippen LogP) is 2.45. The molecule has 1 aromatic heterocycles. The molecule has 5 nitrogen and oxygen atoms in total. The number of hydrogen-bond donors (Lipinski definition) is 2. The number of carbonyl (C=O) groups is 2. The van der Waals surface area contributed by atoms with Crippen molar-refractivity contribution in [1.29, 1.82) is 0 Å². The van der Waals surface area contributed by atoms with Crippen molar-refractivity contribution in [2.45, 2.75) is 6.42 Å². The van der Waals surface area contributed by atoms with E-state index >= 15 is 0 Å². The Kier molecular flexibility index (Phi) is 4.84. The van der Waals surface area contributed by atoms with Crippen molar-refractivity contribution in [3.05, 3.63) is 27.5 Å². The number of nitrogens with zero attached hydrogens (tertiary/aromatic N) is 1. The van der Waals surface area contributed by atoms with Gasteiger partial charge in [-0.2, -0.15) is 0 Å². The molecular weight excluding hydrogens is 354 g/mol. The fraction of sp³-hybridized carbons (Fsp3) is 0.286. The highest BCUT2D eigenvalue weighted by Crippen LogP contribution is 2.35. The first-order chi connectivity index (χ1) is 9.90. The van der Waals surface area contributed by atoms with Gasteiger partial charge in [-0.15, -0.1) is 11.3 Å². The van der Waals surface area contributed by atoms with Crippen LogP contribution in [0.1, 0.15) is 16.1 Å². The molecule has 0 radical (unpaired) electrons. The van der Waals surface area contributed by atoms with E-state index < -0.39 is 0 Å². The number of thiophene rings is 1. The summed E-state index contributed by atoms with van der Waals surface area (Å²) in [6, 6.07) is 5.73. The maximum atomic E-state index is 12.2. The second-order valence-corrected chi connectivity index (χ2v) is 6.75. The average Bonchev–Trinajstić information content (AvgIpc) is 2.75. The largest absolute Gasteiger partial charge is 0.397 e. The van der Waals surface area contributed by atoms with Crippen LogP contribution < -0.4 is 11.1 Å². The smallest absolute Gasteiger partial charge is 0.263 e. The Balaban J connectivity index is 2.09. The molecule has 21 heavy (non-hydrogen) atoms. The van der Waals surface area contributed by atoms with Gasteiger partial charge in [-0.3, -0.25) is 9.59 Å². The summed E-state index contributed by atoms with van der Waals surface area (Å²) in [6.07, 6.45) is 0.273. The van der Waals surface area contributed by atoms with Crippen LogP contribution in [0.4, 0.5) is 5.69 Å². The van der Waals surface area contributed by atoms with E-state index in [9.17, 15) is 9.59 Å². The molecule has 2 aromatic rings. The molecule has 2 rings (SSSR count). The molecule has 7 heteroatoms. The molecule has 0 aliphatic rings. The Hall–Kier alpha value is -1.60. The monoisotopic (exact) mass is 369 g/mol. The van der Waals surface area contributed by atoms with Gasteiger partial charge >= 0.3 is 0 Å². The fourth-order valence-electron chi connectivity index (χ4n) is 1.84. The first-order valence-electron chi connectivity index (χ1n) is 6.36. The summed E-state index contributed by atoms with van der Waals surface area (Å²) in [7, 11) is 3.37. The molecule has 0 aliphatic heterocycles. The number of rotatable bonds is 4. The van der Waals surface area contributed by atoms with E-state index in [1.54, 1.807) is 14.1 Å². The van der Waals surface area contributed by atoms with E-state index in [-0.39, 0.29) is 18.2 Å². The van der Waals surface area contributed by atoms with Gasteiger partial charge in [0.15, 0.2) is 0 Å². The van der Waals surface area contributed by atoms with E-state index in [0.29, 0.717) is 17.1 Å². The number of fused-ring (bicyclic) bond motifs is 1. The van der Waals surface area contributed by atoms with Gasteiger partial charge in [0.25, 0.3) is 5.91 Å². The summed E-state index contributed by atoms with van der Waals surface area (Å²) in [5.41, 5.74) is 6.52. The van der Waals surface area contributed by atoms with Gasteiger partial charge in [-0.1, -0.05) is 15.9 Å². The zero-order valence-electron chi connectivity index (χ0n) is 11.8. The number of hydrogen-bond acceptors (Lipinski definition) is 4. The molecule has 3 N–H and O–H groups in total. The lowest BCUT2D eigenvalue weighted by Crippen LogP contribution is -2.30. The molecule has 0 unspecified atom stereocenters. The molecule has 0 saturated carbocycles. The SMILES string of the molecule is CN(C)C(=O)CCNC(=O)c1sc2ccc(Br)cc2c1N. The Morgan fingerprint density at radius 1 is 1.38 bits per heavy atom. The highest BCUT2D eigenvalue weighted by Gasteiger charge is 2.16. The van der Waals surface area contributed by atoms with E-state index in [1.165, 1.54) is 16.2 Å². The van der Waals surface area contributed by atoms with E-state index in [2.05, 4.69) is 21.2 Å². The Bertz CT molecular complexity index is 697. The lowest BCUT2D eigenvalue weighted by Gasteiger charge is -2.10. The number of nitrogens with one attached hydrogen (secondary N) is 1. The van der Waals surface area contributed by atoms with Crippen LogP contribution in [0.5, 0.6) is 0 Å². The van der Waals surface area contributed by atoms with Crippen LogP contribution in [-0.2, 0) is 4.79 Å². The van der Waals surface area contributed by atoms with Crippen molar-refractivity contribution in [2.24, 2.45) is 0 Å². The van der Waals surface area contributed by atoms with Crippen LogP contribution in [0.2, 0.25) is 0 Å². The first kappa shape index (κ1) is 15.8. The summed E-state index contributed by atoms with van der Waals surface area (Å²) < 4.78 is 1.88. The maximum absolute atomic E-state index is 12.2. The highest BCUT2D eigenvalue weighted by molar-refractivity contribution is 9.10.